The van der Waals surface area contributed by atoms with E-state index in [1.165, 1.54) is 12.1 Å². The Hall–Kier alpha value is -6.94. The number of fused-ring (bicyclic) bond motifs is 1. The molecule has 2 aromatic heterocycles. The molecule has 1 aliphatic heterocycles. The molecule has 21 heteroatoms. The number of carbonyl (C=O) groups excluding carboxylic acids is 1. The number of rotatable bonds is 18. The Morgan fingerprint density at radius 1 is 0.661 bits per heavy atom. The molecule has 1 aliphatic rings. The van der Waals surface area contributed by atoms with Gasteiger partial charge in [-0.1, -0.05) is 18.2 Å². The number of benzene rings is 2. The molecule has 1 saturated heterocycles. The van der Waals surface area contributed by atoms with Crippen molar-refractivity contribution in [3.8, 4) is 16.9 Å². The van der Waals surface area contributed by atoms with E-state index in [1.807, 2.05) is 0 Å². The van der Waals surface area contributed by atoms with Gasteiger partial charge in [0, 0.05) is 75.7 Å². The molecule has 0 spiro atoms. The van der Waals surface area contributed by atoms with Crippen molar-refractivity contribution >= 4 is 58.0 Å². The maximum absolute atomic E-state index is 13.5. The van der Waals surface area contributed by atoms with Gasteiger partial charge in [0.15, 0.2) is 0 Å². The van der Waals surface area contributed by atoms with Crippen LogP contribution in [-0.4, -0.2) is 182 Å². The number of H-pyrrole nitrogens is 1. The second-order valence-electron chi connectivity index (χ2n) is 14.6. The van der Waals surface area contributed by atoms with Gasteiger partial charge in [0.25, 0.3) is 0 Å². The van der Waals surface area contributed by atoms with E-state index in [4.69, 9.17) is 4.74 Å². The van der Waals surface area contributed by atoms with E-state index in [0.717, 1.165) is 4.90 Å². The number of nitrogens with zero attached hydrogens (tertiary/aromatic N) is 6. The third kappa shape index (κ3) is 14.4. The molecule has 0 bridgehead atoms. The van der Waals surface area contributed by atoms with Gasteiger partial charge < -0.3 is 45.5 Å². The van der Waals surface area contributed by atoms with E-state index in [0.29, 0.717) is 33.4 Å². The molecule has 3 heterocycles. The number of hydrogen-bond donors (Lipinski definition) is 7. The summed E-state index contributed by atoms with van der Waals surface area (Å²) >= 11 is 0. The molecule has 62 heavy (non-hydrogen) atoms. The summed E-state index contributed by atoms with van der Waals surface area (Å²) < 4.78 is 6.09. The maximum Gasteiger partial charge on any atom is 0.323 e. The summed E-state index contributed by atoms with van der Waals surface area (Å²) in [5.41, 5.74) is 1.92. The van der Waals surface area contributed by atoms with Gasteiger partial charge in [0.2, 0.25) is 11.5 Å². The van der Waals surface area contributed by atoms with Crippen molar-refractivity contribution in [3.63, 3.8) is 0 Å². The van der Waals surface area contributed by atoms with Crippen LogP contribution in [-0.2, 0) is 35.4 Å². The van der Waals surface area contributed by atoms with Crippen LogP contribution < -0.4 is 20.5 Å². The number of aromatic amines is 1. The topological polar surface area (TPSA) is 287 Å². The highest BCUT2D eigenvalue weighted by Gasteiger charge is 2.23. The number of aromatic nitrogens is 2. The van der Waals surface area contributed by atoms with Crippen molar-refractivity contribution < 1.29 is 59.0 Å². The SMILES string of the molecule is O=C(O)CN1CCN(CC(=O)O)CCN(CC(=O)Nc2ccc3c(-c4ccc(N(CC(=O)O)CC(=O)O)c(OCc5ccccn5)c4)cc(=O)[nH]c3c2)CCN(CC(=O)O)CC1. The van der Waals surface area contributed by atoms with Crippen LogP contribution in [0.15, 0.2) is 71.7 Å². The van der Waals surface area contributed by atoms with E-state index in [1.54, 1.807) is 74.3 Å². The Balaban J connectivity index is 1.38. The largest absolute Gasteiger partial charge is 0.485 e. The van der Waals surface area contributed by atoms with Gasteiger partial charge in [0.1, 0.15) is 25.4 Å². The predicted octanol–water partition coefficient (Wildman–Crippen LogP) is 0.559. The van der Waals surface area contributed by atoms with Crippen molar-refractivity contribution in [1.29, 1.82) is 0 Å². The summed E-state index contributed by atoms with van der Waals surface area (Å²) in [6.45, 7) is -0.471. The Morgan fingerprint density at radius 2 is 1.21 bits per heavy atom. The first-order chi connectivity index (χ1) is 29.6. The lowest BCUT2D eigenvalue weighted by molar-refractivity contribution is -0.140. The number of pyridine rings is 2. The van der Waals surface area contributed by atoms with Crippen molar-refractivity contribution in [2.24, 2.45) is 0 Å². The average molecular weight is 861 g/mol. The standard InChI is InChI=1S/C41H48N8O13/c50-35-19-31(27-4-7-33(49(24-40(58)59)25-41(60)61)34(17-27)62-26-29-3-1-2-8-42-29)30-6-5-28(18-32(30)44-35)43-36(51)20-45-9-11-46(21-37(52)53)13-15-48(23-39(56)57)16-14-47(12-10-45)22-38(54)55/h1-8,17-19H,9-16,20-26H2,(H,43,51)(H,44,50)(H,52,53)(H,54,55)(H,56,57)(H,58,59)(H,60,61). The van der Waals surface area contributed by atoms with Crippen molar-refractivity contribution in [2.75, 3.05) is 102 Å². The number of amides is 1. The van der Waals surface area contributed by atoms with Crippen molar-refractivity contribution in [1.82, 2.24) is 29.6 Å². The highest BCUT2D eigenvalue weighted by atomic mass is 16.5. The third-order valence-electron chi connectivity index (χ3n) is 9.87. The molecule has 0 radical (unpaired) electrons. The van der Waals surface area contributed by atoms with Crippen LogP contribution in [0.4, 0.5) is 11.4 Å². The number of aliphatic carboxylic acids is 5. The quantitative estimate of drug-likeness (QED) is 0.0719. The summed E-state index contributed by atoms with van der Waals surface area (Å²) in [7, 11) is 0. The lowest BCUT2D eigenvalue weighted by atomic mass is 10.00. The number of anilines is 2. The van der Waals surface area contributed by atoms with E-state index in [-0.39, 0.29) is 96.6 Å². The number of carboxylic acids is 5. The molecule has 0 saturated carbocycles. The lowest BCUT2D eigenvalue weighted by Crippen LogP contribution is -2.49. The van der Waals surface area contributed by atoms with Gasteiger partial charge in [0.05, 0.1) is 43.1 Å². The van der Waals surface area contributed by atoms with Crippen LogP contribution in [0.2, 0.25) is 0 Å². The highest BCUT2D eigenvalue weighted by molar-refractivity contribution is 5.99. The Labute approximate surface area is 354 Å². The first-order valence-electron chi connectivity index (χ1n) is 19.5. The predicted molar refractivity (Wildman–Crippen MR) is 223 cm³/mol. The average Bonchev–Trinajstić information content (AvgIpc) is 3.19. The van der Waals surface area contributed by atoms with Gasteiger partial charge in [-0.2, -0.15) is 0 Å². The second kappa shape index (κ2) is 22.1. The summed E-state index contributed by atoms with van der Waals surface area (Å²) in [4.78, 5) is 99.7. The van der Waals surface area contributed by atoms with Gasteiger partial charge in [-0.25, -0.2) is 0 Å². The van der Waals surface area contributed by atoms with Crippen molar-refractivity contribution in [3.05, 3.63) is 82.9 Å². The first-order valence-corrected chi connectivity index (χ1v) is 19.5. The molecule has 0 atom stereocenters. The smallest absolute Gasteiger partial charge is 0.323 e. The van der Waals surface area contributed by atoms with Crippen LogP contribution in [0, 0.1) is 0 Å². The lowest BCUT2D eigenvalue weighted by Gasteiger charge is -2.32. The number of nitrogens with one attached hydrogen (secondary N) is 2. The molecule has 7 N–H and O–H groups in total. The molecule has 0 unspecified atom stereocenters. The zero-order valence-corrected chi connectivity index (χ0v) is 33.6. The van der Waals surface area contributed by atoms with Crippen LogP contribution in [0.3, 0.4) is 0 Å². The minimum Gasteiger partial charge on any atom is -0.485 e. The van der Waals surface area contributed by atoms with E-state index < -0.39 is 54.4 Å². The van der Waals surface area contributed by atoms with E-state index >= 15 is 0 Å². The molecule has 4 aromatic rings. The van der Waals surface area contributed by atoms with Gasteiger partial charge in [-0.3, -0.25) is 58.1 Å². The molecule has 2 aromatic carbocycles. The molecular weight excluding hydrogens is 812 g/mol. The maximum atomic E-state index is 13.5. The van der Waals surface area contributed by atoms with Gasteiger partial charge in [-0.15, -0.1) is 0 Å². The monoisotopic (exact) mass is 860 g/mol. The first kappa shape index (κ1) is 46.1. The fourth-order valence-electron chi connectivity index (χ4n) is 7.01. The summed E-state index contributed by atoms with van der Waals surface area (Å²) in [6.07, 6.45) is 1.58. The minimum absolute atomic E-state index is 0.0313. The Kier molecular flexibility index (Phi) is 16.4. The third-order valence-corrected chi connectivity index (χ3v) is 9.87. The van der Waals surface area contributed by atoms with Crippen LogP contribution in [0.25, 0.3) is 22.0 Å². The Morgan fingerprint density at radius 3 is 1.71 bits per heavy atom. The number of carbonyl (C=O) groups is 6. The zero-order chi connectivity index (χ0) is 44.8. The molecule has 21 nitrogen and oxygen atoms in total. The molecule has 1 amide bonds. The summed E-state index contributed by atoms with van der Waals surface area (Å²) in [6, 6.07) is 16.2. The molecule has 330 valence electrons. The molecular formula is C41H48N8O13. The van der Waals surface area contributed by atoms with Crippen molar-refractivity contribution in [2.45, 2.75) is 6.61 Å². The van der Waals surface area contributed by atoms with Gasteiger partial charge in [-0.05, 0) is 47.5 Å². The Bertz CT molecular complexity index is 2260. The number of carboxylic acid groups (broad SMARTS) is 5. The van der Waals surface area contributed by atoms with Gasteiger partial charge >= 0.3 is 29.8 Å². The molecule has 1 fully saturated rings. The number of ether oxygens (including phenoxy) is 1. The fourth-order valence-corrected chi connectivity index (χ4v) is 7.01. The summed E-state index contributed by atoms with van der Waals surface area (Å²) in [5.74, 6) is -6.01. The second-order valence-corrected chi connectivity index (χ2v) is 14.6. The normalized spacial score (nSPS) is 14.9. The summed E-state index contributed by atoms with van der Waals surface area (Å²) in [5, 5.41) is 51.0. The fraction of sp³-hybridized carbons (Fsp3) is 0.366. The highest BCUT2D eigenvalue weighted by Crippen LogP contribution is 2.36. The van der Waals surface area contributed by atoms with Crippen LogP contribution >= 0.6 is 0 Å². The molecule has 0 aliphatic carbocycles. The minimum atomic E-state index is -1.26. The van der Waals surface area contributed by atoms with Crippen LogP contribution in [0.1, 0.15) is 5.69 Å². The van der Waals surface area contributed by atoms with E-state index in [9.17, 15) is 59.1 Å². The van der Waals surface area contributed by atoms with E-state index in [2.05, 4.69) is 15.3 Å². The zero-order valence-electron chi connectivity index (χ0n) is 33.6. The van der Waals surface area contributed by atoms with Crippen LogP contribution in [0.5, 0.6) is 5.75 Å². The number of hydrogen-bond acceptors (Lipinski definition) is 14. The molecule has 5 rings (SSSR count).